The Kier molecular flexibility index (Phi) is 5.30. The van der Waals surface area contributed by atoms with Crippen LogP contribution in [0.4, 0.5) is 0 Å². The summed E-state index contributed by atoms with van der Waals surface area (Å²) >= 11 is 0. The molecule has 2 aromatic rings. The lowest BCUT2D eigenvalue weighted by molar-refractivity contribution is 0.00578. The summed E-state index contributed by atoms with van der Waals surface area (Å²) in [5.41, 5.74) is 2.19. The van der Waals surface area contributed by atoms with Crippen LogP contribution in [0.1, 0.15) is 64.6 Å². The van der Waals surface area contributed by atoms with Crippen LogP contribution in [0, 0.1) is 0 Å². The van der Waals surface area contributed by atoms with Gasteiger partial charge in [0, 0.05) is 35.0 Å². The van der Waals surface area contributed by atoms with Crippen LogP contribution in [-0.4, -0.2) is 34.9 Å². The minimum absolute atomic E-state index is 0.390. The predicted octanol–water partition coefficient (Wildman–Crippen LogP) is 3.63. The van der Waals surface area contributed by atoms with Crippen LogP contribution in [0.3, 0.4) is 0 Å². The van der Waals surface area contributed by atoms with Crippen molar-refractivity contribution in [2.24, 2.45) is 0 Å². The Morgan fingerprint density at radius 1 is 1.03 bits per heavy atom. The van der Waals surface area contributed by atoms with Gasteiger partial charge in [0.2, 0.25) is 0 Å². The lowest BCUT2D eigenvalue weighted by atomic mass is 9.80. The van der Waals surface area contributed by atoms with Crippen molar-refractivity contribution >= 4 is 12.6 Å². The Hall–Kier alpha value is -2.12. The largest absolute Gasteiger partial charge is 0.496 e. The van der Waals surface area contributed by atoms with Gasteiger partial charge in [-0.2, -0.15) is 0 Å². The average Bonchev–Trinajstić information content (AvgIpc) is 3.49. The summed E-state index contributed by atoms with van der Waals surface area (Å²) in [6, 6.07) is 6.05. The molecule has 0 N–H and O–H groups in total. The van der Waals surface area contributed by atoms with Gasteiger partial charge in [0.25, 0.3) is 5.88 Å². The molecule has 3 heterocycles. The van der Waals surface area contributed by atoms with Gasteiger partial charge >= 0.3 is 7.12 Å². The third-order valence-electron chi connectivity index (χ3n) is 5.88. The molecule has 2 aromatic heterocycles. The molecule has 1 aliphatic carbocycles. The average molecular weight is 396 g/mol. The summed E-state index contributed by atoms with van der Waals surface area (Å²) in [4.78, 5) is 9.02. The van der Waals surface area contributed by atoms with Gasteiger partial charge in [-0.25, -0.2) is 4.98 Å². The summed E-state index contributed by atoms with van der Waals surface area (Å²) in [5, 5.41) is 0. The van der Waals surface area contributed by atoms with E-state index in [0.717, 1.165) is 11.0 Å². The Balaban J connectivity index is 1.47. The molecule has 0 spiro atoms. The molecule has 29 heavy (non-hydrogen) atoms. The van der Waals surface area contributed by atoms with Crippen molar-refractivity contribution in [1.29, 1.82) is 0 Å². The summed E-state index contributed by atoms with van der Waals surface area (Å²) in [6.07, 6.45) is 6.11. The van der Waals surface area contributed by atoms with Crippen molar-refractivity contribution in [1.82, 2.24) is 9.97 Å². The van der Waals surface area contributed by atoms with Crippen molar-refractivity contribution in [2.75, 3.05) is 6.61 Å². The van der Waals surface area contributed by atoms with Crippen LogP contribution >= 0.6 is 0 Å². The molecule has 0 radical (unpaired) electrons. The van der Waals surface area contributed by atoms with Gasteiger partial charge in [-0.3, -0.25) is 4.98 Å². The summed E-state index contributed by atoms with van der Waals surface area (Å²) < 4.78 is 23.9. The Morgan fingerprint density at radius 3 is 2.34 bits per heavy atom. The zero-order chi connectivity index (χ0) is 20.6. The lowest BCUT2D eigenvalue weighted by Gasteiger charge is -2.32. The van der Waals surface area contributed by atoms with E-state index in [1.165, 1.54) is 18.5 Å². The van der Waals surface area contributed by atoms with Crippen LogP contribution in [0.25, 0.3) is 0 Å². The van der Waals surface area contributed by atoms with Crippen molar-refractivity contribution in [2.45, 2.75) is 71.2 Å². The molecule has 2 aliphatic rings. The first-order valence-electron chi connectivity index (χ1n) is 10.3. The Labute approximate surface area is 173 Å². The van der Waals surface area contributed by atoms with Gasteiger partial charge in [-0.05, 0) is 59.6 Å². The molecule has 6 nitrogen and oxygen atoms in total. The number of ether oxygens (including phenoxy) is 2. The second-order valence-corrected chi connectivity index (χ2v) is 8.75. The number of hydrogen-bond acceptors (Lipinski definition) is 6. The smallest absolute Gasteiger partial charge is 0.488 e. The first kappa shape index (κ1) is 20.2. The maximum atomic E-state index is 6.12. The fourth-order valence-electron chi connectivity index (χ4n) is 3.22. The molecule has 0 aromatic carbocycles. The van der Waals surface area contributed by atoms with E-state index < -0.39 is 18.3 Å². The van der Waals surface area contributed by atoms with Crippen molar-refractivity contribution in [3.63, 3.8) is 0 Å². The summed E-state index contributed by atoms with van der Waals surface area (Å²) in [5.74, 6) is 1.69. The molecule has 4 rings (SSSR count). The maximum Gasteiger partial charge on any atom is 0.496 e. The number of pyridine rings is 2. The van der Waals surface area contributed by atoms with Crippen LogP contribution in [0.15, 0.2) is 30.6 Å². The fourth-order valence-corrected chi connectivity index (χ4v) is 3.22. The molecule has 0 amide bonds. The molecule has 154 valence electrons. The number of aromatic nitrogens is 2. The molecule has 7 heteroatoms. The zero-order valence-corrected chi connectivity index (χ0v) is 17.9. The second kappa shape index (κ2) is 7.61. The molecule has 1 saturated heterocycles. The molecule has 0 unspecified atom stereocenters. The standard InChI is InChI=1S/C22H29BN2O4/c1-6-26-19-11-17(23-28-21(2,3)22(4,5)29-23)13-25-20(19)27-14-15-7-10-18(24-12-15)16-8-9-16/h7,10-13,16H,6,8-9,14H2,1-5H3. The van der Waals surface area contributed by atoms with Crippen molar-refractivity contribution < 1.29 is 18.8 Å². The molecular weight excluding hydrogens is 367 g/mol. The third kappa shape index (κ3) is 4.26. The van der Waals surface area contributed by atoms with Gasteiger partial charge in [-0.15, -0.1) is 0 Å². The third-order valence-corrected chi connectivity index (χ3v) is 5.88. The van der Waals surface area contributed by atoms with Crippen LogP contribution in [-0.2, 0) is 15.9 Å². The first-order chi connectivity index (χ1) is 13.8. The normalized spacial score (nSPS) is 20.0. The van der Waals surface area contributed by atoms with Gasteiger partial charge < -0.3 is 18.8 Å². The molecule has 1 saturated carbocycles. The minimum Gasteiger partial charge on any atom is -0.488 e. The van der Waals surface area contributed by atoms with Crippen molar-refractivity contribution in [3.05, 3.63) is 41.9 Å². The summed E-state index contributed by atoms with van der Waals surface area (Å²) in [7, 11) is -0.486. The zero-order valence-electron chi connectivity index (χ0n) is 17.9. The quantitative estimate of drug-likeness (QED) is 0.666. The second-order valence-electron chi connectivity index (χ2n) is 8.75. The van der Waals surface area contributed by atoms with Gasteiger partial charge in [0.1, 0.15) is 6.61 Å². The number of nitrogens with zero attached hydrogens (tertiary/aromatic N) is 2. The Morgan fingerprint density at radius 2 is 1.76 bits per heavy atom. The highest BCUT2D eigenvalue weighted by Gasteiger charge is 2.52. The monoisotopic (exact) mass is 396 g/mol. The van der Waals surface area contributed by atoms with Gasteiger partial charge in [-0.1, -0.05) is 6.07 Å². The van der Waals surface area contributed by atoms with E-state index in [0.29, 0.717) is 30.8 Å². The van der Waals surface area contributed by atoms with Crippen LogP contribution < -0.4 is 14.9 Å². The van der Waals surface area contributed by atoms with Crippen molar-refractivity contribution in [3.8, 4) is 11.6 Å². The highest BCUT2D eigenvalue weighted by molar-refractivity contribution is 6.62. The molecule has 0 bridgehead atoms. The van der Waals surface area contributed by atoms with Gasteiger partial charge in [0.05, 0.1) is 17.8 Å². The van der Waals surface area contributed by atoms with Crippen LogP contribution in [0.2, 0.25) is 0 Å². The number of rotatable bonds is 7. The molecule has 2 fully saturated rings. The summed E-state index contributed by atoms with van der Waals surface area (Å²) in [6.45, 7) is 11.0. The molecule has 1 aliphatic heterocycles. The van der Waals surface area contributed by atoms with E-state index in [2.05, 4.69) is 22.1 Å². The first-order valence-corrected chi connectivity index (χ1v) is 10.3. The Bertz CT molecular complexity index is 850. The highest BCUT2D eigenvalue weighted by atomic mass is 16.7. The molecule has 0 atom stereocenters. The fraction of sp³-hybridized carbons (Fsp3) is 0.545. The number of hydrogen-bond donors (Lipinski definition) is 0. The van der Waals surface area contributed by atoms with E-state index in [9.17, 15) is 0 Å². The van der Waals surface area contributed by atoms with E-state index >= 15 is 0 Å². The van der Waals surface area contributed by atoms with E-state index in [1.807, 2.05) is 46.9 Å². The maximum absolute atomic E-state index is 6.12. The topological polar surface area (TPSA) is 62.7 Å². The molecular formula is C22H29BN2O4. The van der Waals surface area contributed by atoms with Crippen LogP contribution in [0.5, 0.6) is 11.6 Å². The predicted molar refractivity (Wildman–Crippen MR) is 112 cm³/mol. The van der Waals surface area contributed by atoms with Gasteiger partial charge in [0.15, 0.2) is 5.75 Å². The van der Waals surface area contributed by atoms with E-state index in [1.54, 1.807) is 6.20 Å². The van der Waals surface area contributed by atoms with E-state index in [-0.39, 0.29) is 0 Å². The van der Waals surface area contributed by atoms with E-state index in [4.69, 9.17) is 18.8 Å². The SMILES string of the molecule is CCOc1cc(B2OC(C)(C)C(C)(C)O2)cnc1OCc1ccc(C2CC2)nc1. The lowest BCUT2D eigenvalue weighted by Crippen LogP contribution is -2.41. The minimum atomic E-state index is -0.486. The highest BCUT2D eigenvalue weighted by Crippen LogP contribution is 2.39.